The lowest BCUT2D eigenvalue weighted by molar-refractivity contribution is 0.610. The molecule has 5 heteroatoms. The van der Waals surface area contributed by atoms with E-state index in [1.54, 1.807) is 22.7 Å². The number of nitrogens with zero attached hydrogens (tertiary/aromatic N) is 1. The number of aryl methyl sites for hydroxylation is 1. The molecule has 0 amide bonds. The van der Waals surface area contributed by atoms with Gasteiger partial charge in [-0.2, -0.15) is 0 Å². The molecule has 0 aliphatic heterocycles. The lowest BCUT2D eigenvalue weighted by Gasteiger charge is -2.17. The van der Waals surface area contributed by atoms with Gasteiger partial charge in [-0.25, -0.2) is 4.98 Å². The summed E-state index contributed by atoms with van der Waals surface area (Å²) in [5, 5.41) is 6.43. The van der Waals surface area contributed by atoms with Gasteiger partial charge in [0.25, 0.3) is 0 Å². The average Bonchev–Trinajstić information content (AvgIpc) is 2.90. The Morgan fingerprint density at radius 1 is 1.41 bits per heavy atom. The Bertz CT molecular complexity index is 438. The van der Waals surface area contributed by atoms with Gasteiger partial charge in [0, 0.05) is 9.75 Å². The van der Waals surface area contributed by atoms with Gasteiger partial charge in [0.15, 0.2) is 0 Å². The molecule has 0 aromatic carbocycles. The van der Waals surface area contributed by atoms with Crippen LogP contribution in [0.25, 0.3) is 0 Å². The fraction of sp³-hybridized carbons (Fsp3) is 0.417. The first-order valence-electron chi connectivity index (χ1n) is 5.60. The second-order valence-electron chi connectivity index (χ2n) is 3.82. The van der Waals surface area contributed by atoms with E-state index in [1.807, 2.05) is 23.9 Å². The molecule has 0 aliphatic carbocycles. The summed E-state index contributed by atoms with van der Waals surface area (Å²) in [6.07, 6.45) is 1.11. The van der Waals surface area contributed by atoms with Gasteiger partial charge in [0.1, 0.15) is 0 Å². The van der Waals surface area contributed by atoms with Crippen molar-refractivity contribution in [3.05, 3.63) is 37.4 Å². The Labute approximate surface area is 115 Å². The molecule has 0 saturated heterocycles. The number of halogens is 1. The van der Waals surface area contributed by atoms with Crippen LogP contribution in [-0.4, -0.2) is 11.5 Å². The van der Waals surface area contributed by atoms with Crippen molar-refractivity contribution in [1.29, 1.82) is 0 Å². The van der Waals surface area contributed by atoms with Crippen molar-refractivity contribution in [2.45, 2.75) is 26.3 Å². The molecule has 0 aliphatic rings. The molecule has 1 atom stereocenters. The third kappa shape index (κ3) is 2.88. The zero-order valence-corrected chi connectivity index (χ0v) is 12.3. The number of aromatic nitrogens is 1. The predicted molar refractivity (Wildman–Crippen MR) is 76.3 cm³/mol. The Hall–Kier alpha value is -0.420. The van der Waals surface area contributed by atoms with Crippen molar-refractivity contribution in [2.24, 2.45) is 0 Å². The Morgan fingerprint density at radius 2 is 2.24 bits per heavy atom. The van der Waals surface area contributed by atoms with Gasteiger partial charge < -0.3 is 5.32 Å². The molecule has 2 aromatic rings. The highest BCUT2D eigenvalue weighted by Crippen LogP contribution is 2.35. The average molecular weight is 287 g/mol. The first-order valence-corrected chi connectivity index (χ1v) is 7.74. The van der Waals surface area contributed by atoms with Crippen LogP contribution >= 0.6 is 34.3 Å². The van der Waals surface area contributed by atoms with Gasteiger partial charge in [-0.15, -0.1) is 22.7 Å². The lowest BCUT2D eigenvalue weighted by Crippen LogP contribution is -2.22. The molecule has 1 N–H and O–H groups in total. The molecule has 0 spiro atoms. The summed E-state index contributed by atoms with van der Waals surface area (Å²) in [5.41, 5.74) is 2.99. The van der Waals surface area contributed by atoms with Crippen LogP contribution in [0.1, 0.15) is 34.8 Å². The molecule has 17 heavy (non-hydrogen) atoms. The zero-order valence-electron chi connectivity index (χ0n) is 9.87. The molecule has 0 radical (unpaired) electrons. The standard InChI is InChI=1S/C12H15ClN2S2/c1-3-5-14-10(11-8(2)15-7-17-11)12-9(13)4-6-16-12/h4,6-7,10,14H,3,5H2,1-2H3. The van der Waals surface area contributed by atoms with E-state index in [0.29, 0.717) is 0 Å². The minimum atomic E-state index is 0.190. The van der Waals surface area contributed by atoms with Crippen LogP contribution in [0.5, 0.6) is 0 Å². The van der Waals surface area contributed by atoms with E-state index in [1.165, 1.54) is 9.75 Å². The van der Waals surface area contributed by atoms with E-state index in [9.17, 15) is 0 Å². The van der Waals surface area contributed by atoms with Gasteiger partial charge in [-0.1, -0.05) is 18.5 Å². The monoisotopic (exact) mass is 286 g/mol. The second-order valence-corrected chi connectivity index (χ2v) is 6.06. The molecule has 0 bridgehead atoms. The summed E-state index contributed by atoms with van der Waals surface area (Å²) in [6.45, 7) is 5.20. The number of rotatable bonds is 5. The Morgan fingerprint density at radius 3 is 2.76 bits per heavy atom. The smallest absolute Gasteiger partial charge is 0.0798 e. The maximum absolute atomic E-state index is 6.24. The predicted octanol–water partition coefficient (Wildman–Crippen LogP) is 4.26. The van der Waals surface area contributed by atoms with Crippen LogP contribution in [0.3, 0.4) is 0 Å². The van der Waals surface area contributed by atoms with E-state index in [2.05, 4.69) is 17.2 Å². The number of thiazole rings is 1. The first-order chi connectivity index (χ1) is 8.24. The molecule has 2 heterocycles. The quantitative estimate of drug-likeness (QED) is 0.888. The highest BCUT2D eigenvalue weighted by Gasteiger charge is 2.21. The van der Waals surface area contributed by atoms with Gasteiger partial charge in [-0.3, -0.25) is 0 Å². The van der Waals surface area contributed by atoms with Crippen LogP contribution in [0.2, 0.25) is 5.02 Å². The normalized spacial score (nSPS) is 12.9. The number of hydrogen-bond acceptors (Lipinski definition) is 4. The molecule has 2 rings (SSSR count). The minimum absolute atomic E-state index is 0.190. The first kappa shape index (κ1) is 13.0. The lowest BCUT2D eigenvalue weighted by atomic mass is 10.1. The van der Waals surface area contributed by atoms with Gasteiger partial charge in [0.2, 0.25) is 0 Å². The summed E-state index contributed by atoms with van der Waals surface area (Å²) in [5.74, 6) is 0. The van der Waals surface area contributed by atoms with E-state index < -0.39 is 0 Å². The van der Waals surface area contributed by atoms with Crippen molar-refractivity contribution in [3.8, 4) is 0 Å². The number of nitrogens with one attached hydrogen (secondary N) is 1. The van der Waals surface area contributed by atoms with E-state index in [0.717, 1.165) is 23.7 Å². The molecular weight excluding hydrogens is 272 g/mol. The zero-order chi connectivity index (χ0) is 12.3. The summed E-state index contributed by atoms with van der Waals surface area (Å²) in [7, 11) is 0. The SMILES string of the molecule is CCCNC(c1sccc1Cl)c1scnc1C. The van der Waals surface area contributed by atoms with Crippen LogP contribution in [-0.2, 0) is 0 Å². The molecule has 1 unspecified atom stereocenters. The molecule has 92 valence electrons. The minimum Gasteiger partial charge on any atom is -0.305 e. The molecule has 2 nitrogen and oxygen atoms in total. The summed E-state index contributed by atoms with van der Waals surface area (Å²) >= 11 is 9.63. The highest BCUT2D eigenvalue weighted by atomic mass is 35.5. The van der Waals surface area contributed by atoms with Gasteiger partial charge >= 0.3 is 0 Å². The van der Waals surface area contributed by atoms with Crippen molar-refractivity contribution < 1.29 is 0 Å². The van der Waals surface area contributed by atoms with Crippen LogP contribution in [0.4, 0.5) is 0 Å². The van der Waals surface area contributed by atoms with Crippen molar-refractivity contribution in [2.75, 3.05) is 6.54 Å². The van der Waals surface area contributed by atoms with E-state index in [-0.39, 0.29) is 6.04 Å². The van der Waals surface area contributed by atoms with E-state index in [4.69, 9.17) is 11.6 Å². The number of thiophene rings is 1. The van der Waals surface area contributed by atoms with Gasteiger partial charge in [0.05, 0.1) is 22.3 Å². The van der Waals surface area contributed by atoms with E-state index >= 15 is 0 Å². The maximum Gasteiger partial charge on any atom is 0.0798 e. The van der Waals surface area contributed by atoms with Crippen molar-refractivity contribution in [1.82, 2.24) is 10.3 Å². The molecule has 2 aromatic heterocycles. The van der Waals surface area contributed by atoms with Crippen molar-refractivity contribution >= 4 is 34.3 Å². The van der Waals surface area contributed by atoms with Crippen LogP contribution in [0, 0.1) is 6.92 Å². The second kappa shape index (κ2) is 5.96. The fourth-order valence-electron chi connectivity index (χ4n) is 1.69. The maximum atomic E-state index is 6.24. The molecule has 0 fully saturated rings. The number of hydrogen-bond donors (Lipinski definition) is 1. The van der Waals surface area contributed by atoms with Crippen LogP contribution < -0.4 is 5.32 Å². The topological polar surface area (TPSA) is 24.9 Å². The summed E-state index contributed by atoms with van der Waals surface area (Å²) in [6, 6.07) is 2.15. The highest BCUT2D eigenvalue weighted by molar-refractivity contribution is 7.12. The van der Waals surface area contributed by atoms with Crippen molar-refractivity contribution in [3.63, 3.8) is 0 Å². The third-order valence-corrected chi connectivity index (χ3v) is 4.97. The molecule has 0 saturated carbocycles. The Balaban J connectivity index is 2.32. The van der Waals surface area contributed by atoms with Crippen LogP contribution in [0.15, 0.2) is 17.0 Å². The largest absolute Gasteiger partial charge is 0.305 e. The van der Waals surface area contributed by atoms with Gasteiger partial charge in [-0.05, 0) is 31.3 Å². The summed E-state index contributed by atoms with van der Waals surface area (Å²) < 4.78 is 0. The Kier molecular flexibility index (Phi) is 4.56. The third-order valence-electron chi connectivity index (χ3n) is 2.55. The fourth-order valence-corrected chi connectivity index (χ4v) is 3.90. The summed E-state index contributed by atoms with van der Waals surface area (Å²) in [4.78, 5) is 6.78. The molecular formula is C12H15ClN2S2.